The highest BCUT2D eigenvalue weighted by Crippen LogP contribution is 2.59. The van der Waals surface area contributed by atoms with Gasteiger partial charge in [0.05, 0.1) is 20.0 Å². The maximum absolute atomic E-state index is 13.4. The van der Waals surface area contributed by atoms with Crippen LogP contribution in [-0.4, -0.2) is 79.0 Å². The van der Waals surface area contributed by atoms with Crippen molar-refractivity contribution in [2.45, 2.75) is 50.0 Å². The van der Waals surface area contributed by atoms with E-state index >= 15 is 0 Å². The quantitative estimate of drug-likeness (QED) is 0.220. The largest absolute Gasteiger partial charge is 0.479 e. The van der Waals surface area contributed by atoms with Gasteiger partial charge in [0, 0.05) is 5.75 Å². The molecule has 4 heterocycles. The van der Waals surface area contributed by atoms with E-state index in [2.05, 4.69) is 20.0 Å². The molecule has 0 saturated carbocycles. The van der Waals surface area contributed by atoms with E-state index in [9.17, 15) is 19.6 Å². The Kier molecular flexibility index (Phi) is 7.84. The molecule has 210 valence electrons. The summed E-state index contributed by atoms with van der Waals surface area (Å²) < 4.78 is 37.0. The van der Waals surface area contributed by atoms with Gasteiger partial charge in [0.15, 0.2) is 17.4 Å². The number of imidazole rings is 1. The first kappa shape index (κ1) is 27.8. The first-order valence-corrected chi connectivity index (χ1v) is 15.3. The number of aliphatic hydroxyl groups excluding tert-OH is 1. The van der Waals surface area contributed by atoms with Crippen molar-refractivity contribution in [3.05, 3.63) is 42.2 Å². The van der Waals surface area contributed by atoms with E-state index in [1.807, 2.05) is 30.3 Å². The Labute approximate surface area is 227 Å². The molecule has 0 amide bonds. The van der Waals surface area contributed by atoms with Crippen LogP contribution in [0.4, 0.5) is 5.95 Å². The standard InChI is InChI=1S/C23H29N6O8PS/c1-23(32)17(30)15(37-21(23)29-12-25-16-18(29)26-22(24)27-19(16)34-2)11-36-38(33)28-14(8-9-39-38)20(31)35-10-13-6-4-3-5-7-13/h3-7,12,14-15,17,21,30,32H,8-11H2,1-2H3,(H,28,33)(H2,24,26,27)/t14-,15-,17-,21-,23-,38?/m1/s1. The third-order valence-corrected chi connectivity index (χ3v) is 10.6. The summed E-state index contributed by atoms with van der Waals surface area (Å²) in [7, 11) is 1.41. The predicted octanol–water partition coefficient (Wildman–Crippen LogP) is 1.39. The Morgan fingerprint density at radius 2 is 2.13 bits per heavy atom. The summed E-state index contributed by atoms with van der Waals surface area (Å²) in [4.78, 5) is 25.0. The number of nitrogens with zero attached hydrogens (tertiary/aromatic N) is 4. The predicted molar refractivity (Wildman–Crippen MR) is 141 cm³/mol. The molecule has 0 spiro atoms. The fourth-order valence-electron chi connectivity index (χ4n) is 4.43. The lowest BCUT2D eigenvalue weighted by Crippen LogP contribution is -2.44. The Balaban J connectivity index is 1.24. The highest BCUT2D eigenvalue weighted by Gasteiger charge is 2.54. The van der Waals surface area contributed by atoms with Crippen LogP contribution in [0.5, 0.6) is 5.88 Å². The molecule has 0 radical (unpaired) electrons. The lowest BCUT2D eigenvalue weighted by molar-refractivity contribution is -0.147. The minimum atomic E-state index is -3.56. The van der Waals surface area contributed by atoms with Crippen LogP contribution < -0.4 is 15.6 Å². The number of fused-ring (bicyclic) bond motifs is 1. The molecule has 2 aliphatic rings. The third-order valence-electron chi connectivity index (χ3n) is 6.51. The van der Waals surface area contributed by atoms with Gasteiger partial charge < -0.3 is 34.7 Å². The van der Waals surface area contributed by atoms with E-state index < -0.39 is 42.8 Å². The molecule has 3 aromatic rings. The molecule has 39 heavy (non-hydrogen) atoms. The van der Waals surface area contributed by atoms with Crippen molar-refractivity contribution in [1.29, 1.82) is 0 Å². The normalized spacial score (nSPS) is 30.9. The van der Waals surface area contributed by atoms with E-state index in [-0.39, 0.29) is 36.2 Å². The molecule has 6 atom stereocenters. The van der Waals surface area contributed by atoms with Crippen LogP contribution in [0.25, 0.3) is 11.2 Å². The number of nitrogens with two attached hydrogens (primary N) is 1. The van der Waals surface area contributed by atoms with Crippen LogP contribution in [0, 0.1) is 0 Å². The van der Waals surface area contributed by atoms with Crippen LogP contribution in [0.1, 0.15) is 25.1 Å². The Bertz CT molecular complexity index is 1390. The molecule has 0 bridgehead atoms. The zero-order valence-corrected chi connectivity index (χ0v) is 22.9. The number of anilines is 1. The fourth-order valence-corrected chi connectivity index (χ4v) is 8.24. The number of methoxy groups -OCH3 is 1. The summed E-state index contributed by atoms with van der Waals surface area (Å²) in [5.41, 5.74) is 5.33. The summed E-state index contributed by atoms with van der Waals surface area (Å²) in [5, 5.41) is 24.8. The van der Waals surface area contributed by atoms with Crippen molar-refractivity contribution in [1.82, 2.24) is 24.6 Å². The first-order valence-electron chi connectivity index (χ1n) is 12.1. The van der Waals surface area contributed by atoms with Gasteiger partial charge in [0.25, 0.3) is 0 Å². The van der Waals surface area contributed by atoms with E-state index in [0.717, 1.165) is 16.9 Å². The number of nitrogens with one attached hydrogen (secondary N) is 1. The lowest BCUT2D eigenvalue weighted by Gasteiger charge is -2.29. The van der Waals surface area contributed by atoms with Crippen molar-refractivity contribution in [3.8, 4) is 5.88 Å². The van der Waals surface area contributed by atoms with Crippen LogP contribution in [0.3, 0.4) is 0 Å². The summed E-state index contributed by atoms with van der Waals surface area (Å²) in [6.07, 6.45) is -1.86. The van der Waals surface area contributed by atoms with Gasteiger partial charge >= 0.3 is 12.7 Å². The Morgan fingerprint density at radius 1 is 1.36 bits per heavy atom. The van der Waals surface area contributed by atoms with Crippen LogP contribution in [0.2, 0.25) is 0 Å². The van der Waals surface area contributed by atoms with E-state index in [1.54, 1.807) is 0 Å². The summed E-state index contributed by atoms with van der Waals surface area (Å²) in [6, 6.07) is 8.42. The number of rotatable bonds is 8. The van der Waals surface area contributed by atoms with Gasteiger partial charge in [0.2, 0.25) is 11.8 Å². The third kappa shape index (κ3) is 5.61. The number of carbonyl (C=O) groups excluding carboxylic acids is 1. The number of aromatic nitrogens is 4. The van der Waals surface area contributed by atoms with Gasteiger partial charge in [-0.05, 0) is 18.9 Å². The topological polar surface area (TPSA) is 193 Å². The zero-order valence-electron chi connectivity index (χ0n) is 21.2. The van der Waals surface area contributed by atoms with Crippen molar-refractivity contribution < 1.29 is 38.3 Å². The molecule has 0 aliphatic carbocycles. The number of hydrogen-bond acceptors (Lipinski definition) is 13. The highest BCUT2D eigenvalue weighted by molar-refractivity contribution is 8.56. The number of aliphatic hydroxyl groups is 2. The average Bonchev–Trinajstić information content (AvgIpc) is 3.43. The van der Waals surface area contributed by atoms with Gasteiger partial charge in [-0.1, -0.05) is 41.7 Å². The number of esters is 1. The molecule has 1 unspecified atom stereocenters. The summed E-state index contributed by atoms with van der Waals surface area (Å²) >= 11 is 1.05. The van der Waals surface area contributed by atoms with Crippen molar-refractivity contribution in [3.63, 3.8) is 0 Å². The van der Waals surface area contributed by atoms with Gasteiger partial charge in [-0.3, -0.25) is 13.9 Å². The first-order chi connectivity index (χ1) is 18.6. The van der Waals surface area contributed by atoms with E-state index in [1.165, 1.54) is 24.9 Å². The second kappa shape index (κ2) is 11.0. The van der Waals surface area contributed by atoms with Gasteiger partial charge in [-0.2, -0.15) is 9.97 Å². The SMILES string of the molecule is COc1nc(N)nc2c1ncn2[C@@H]1O[C@H](COP2(=O)N[C@@H](C(=O)OCc3ccccc3)CCS2)[C@@H](O)[C@@]1(C)O. The molecular weight excluding hydrogens is 551 g/mol. The minimum Gasteiger partial charge on any atom is -0.479 e. The number of hydrogen-bond donors (Lipinski definition) is 4. The van der Waals surface area contributed by atoms with Gasteiger partial charge in [-0.25, -0.2) is 10.1 Å². The van der Waals surface area contributed by atoms with E-state index in [0.29, 0.717) is 12.2 Å². The average molecular weight is 581 g/mol. The molecule has 5 rings (SSSR count). The molecule has 2 aliphatic heterocycles. The van der Waals surface area contributed by atoms with Crippen molar-refractivity contribution in [2.24, 2.45) is 0 Å². The number of ether oxygens (including phenoxy) is 3. The monoisotopic (exact) mass is 580 g/mol. The number of benzene rings is 1. The molecule has 5 N–H and O–H groups in total. The molecule has 16 heteroatoms. The van der Waals surface area contributed by atoms with Crippen molar-refractivity contribution in [2.75, 3.05) is 25.2 Å². The summed E-state index contributed by atoms with van der Waals surface area (Å²) in [5.74, 6) is -0.0701. The van der Waals surface area contributed by atoms with Gasteiger partial charge in [-0.15, -0.1) is 0 Å². The summed E-state index contributed by atoms with van der Waals surface area (Å²) in [6.45, 7) is -2.39. The minimum absolute atomic E-state index is 0.0745. The maximum Gasteiger partial charge on any atom is 0.327 e. The molecule has 1 aromatic carbocycles. The maximum atomic E-state index is 13.4. The van der Waals surface area contributed by atoms with Crippen molar-refractivity contribution >= 4 is 41.2 Å². The Hall–Kier alpha value is -2.78. The number of carbonyl (C=O) groups is 1. The van der Waals surface area contributed by atoms with Gasteiger partial charge in [0.1, 0.15) is 30.5 Å². The smallest absolute Gasteiger partial charge is 0.327 e. The fraction of sp³-hybridized carbons (Fsp3) is 0.478. The second-order valence-electron chi connectivity index (χ2n) is 9.30. The molecule has 2 aromatic heterocycles. The van der Waals surface area contributed by atoms with Crippen LogP contribution in [-0.2, 0) is 30.0 Å². The molecule has 2 saturated heterocycles. The molecular formula is C23H29N6O8PS. The zero-order chi connectivity index (χ0) is 27.8. The molecule has 2 fully saturated rings. The number of nitrogen functional groups attached to an aromatic ring is 1. The lowest BCUT2D eigenvalue weighted by atomic mass is 9.96. The Morgan fingerprint density at radius 3 is 2.87 bits per heavy atom. The molecule has 14 nitrogen and oxygen atoms in total. The highest BCUT2D eigenvalue weighted by atomic mass is 32.7. The van der Waals surface area contributed by atoms with E-state index in [4.69, 9.17) is 24.5 Å². The van der Waals surface area contributed by atoms with Crippen LogP contribution in [0.15, 0.2) is 36.7 Å². The van der Waals surface area contributed by atoms with Crippen LogP contribution >= 0.6 is 18.1 Å². The second-order valence-corrected chi connectivity index (χ2v) is 13.7.